The van der Waals surface area contributed by atoms with Crippen LogP contribution in [0.5, 0.6) is 0 Å². The largest absolute Gasteiger partial charge is 0.462 e. The van der Waals surface area contributed by atoms with Crippen molar-refractivity contribution in [3.05, 3.63) is 24.3 Å². The predicted octanol–water partition coefficient (Wildman–Crippen LogP) is 20.3. The Labute approximate surface area is 423 Å². The molecule has 0 aromatic heterocycles. The molecule has 0 N–H and O–H groups in total. The maximum atomic E-state index is 12.9. The second-order valence-corrected chi connectivity index (χ2v) is 20.6. The van der Waals surface area contributed by atoms with Crippen molar-refractivity contribution in [1.82, 2.24) is 0 Å². The van der Waals surface area contributed by atoms with Gasteiger partial charge in [-0.05, 0) is 70.6 Å². The van der Waals surface area contributed by atoms with E-state index in [-0.39, 0.29) is 31.1 Å². The fourth-order valence-electron chi connectivity index (χ4n) is 9.08. The van der Waals surface area contributed by atoms with E-state index in [1.807, 2.05) is 0 Å². The predicted molar refractivity (Wildman–Crippen MR) is 293 cm³/mol. The molecule has 0 rings (SSSR count). The summed E-state index contributed by atoms with van der Waals surface area (Å²) in [6.07, 6.45) is 67.4. The van der Waals surface area contributed by atoms with Crippen molar-refractivity contribution in [2.24, 2.45) is 0 Å². The molecule has 0 aromatic carbocycles. The lowest BCUT2D eigenvalue weighted by Gasteiger charge is -2.18. The number of esters is 3. The minimum absolute atomic E-state index is 0.0699. The van der Waals surface area contributed by atoms with Crippen molar-refractivity contribution < 1.29 is 28.6 Å². The molecule has 400 valence electrons. The van der Waals surface area contributed by atoms with E-state index in [2.05, 4.69) is 45.1 Å². The zero-order chi connectivity index (χ0) is 49.3. The van der Waals surface area contributed by atoms with Crippen LogP contribution in [0.4, 0.5) is 0 Å². The summed E-state index contributed by atoms with van der Waals surface area (Å²) < 4.78 is 16.9. The van der Waals surface area contributed by atoms with E-state index >= 15 is 0 Å². The smallest absolute Gasteiger partial charge is 0.306 e. The molecule has 0 bridgehead atoms. The van der Waals surface area contributed by atoms with Gasteiger partial charge in [0.15, 0.2) is 6.10 Å². The van der Waals surface area contributed by atoms with Crippen LogP contribution in [0.3, 0.4) is 0 Å². The van der Waals surface area contributed by atoms with Gasteiger partial charge in [0.2, 0.25) is 0 Å². The fraction of sp³-hybridized carbons (Fsp3) is 0.887. The summed E-state index contributed by atoms with van der Waals surface area (Å²) in [5, 5.41) is 0. The van der Waals surface area contributed by atoms with E-state index in [0.29, 0.717) is 19.3 Å². The van der Waals surface area contributed by atoms with Crippen LogP contribution in [-0.4, -0.2) is 37.2 Å². The zero-order valence-electron chi connectivity index (χ0n) is 45.9. The van der Waals surface area contributed by atoms with Gasteiger partial charge < -0.3 is 14.2 Å². The average molecular weight is 958 g/mol. The fourth-order valence-corrected chi connectivity index (χ4v) is 9.08. The topological polar surface area (TPSA) is 78.9 Å². The van der Waals surface area contributed by atoms with Crippen LogP contribution < -0.4 is 0 Å². The van der Waals surface area contributed by atoms with Gasteiger partial charge in [-0.2, -0.15) is 0 Å². The van der Waals surface area contributed by atoms with Crippen LogP contribution in [0.2, 0.25) is 0 Å². The summed E-state index contributed by atoms with van der Waals surface area (Å²) >= 11 is 0. The van der Waals surface area contributed by atoms with E-state index in [4.69, 9.17) is 14.2 Å². The van der Waals surface area contributed by atoms with Gasteiger partial charge in [0.25, 0.3) is 0 Å². The Kier molecular flexibility index (Phi) is 55.7. The van der Waals surface area contributed by atoms with Crippen LogP contribution in [0, 0.1) is 0 Å². The number of allylic oxidation sites excluding steroid dienone is 4. The van der Waals surface area contributed by atoms with Crippen molar-refractivity contribution in [3.63, 3.8) is 0 Å². The van der Waals surface area contributed by atoms with Gasteiger partial charge in [0, 0.05) is 19.3 Å². The summed E-state index contributed by atoms with van der Waals surface area (Å²) in [5.74, 6) is -0.857. The molecular formula is C62H116O6. The molecule has 0 heterocycles. The molecule has 0 aliphatic carbocycles. The monoisotopic (exact) mass is 957 g/mol. The van der Waals surface area contributed by atoms with Gasteiger partial charge in [-0.3, -0.25) is 14.4 Å². The molecule has 0 aliphatic heterocycles. The van der Waals surface area contributed by atoms with Crippen molar-refractivity contribution in [2.75, 3.05) is 13.2 Å². The van der Waals surface area contributed by atoms with Crippen molar-refractivity contribution in [1.29, 1.82) is 0 Å². The van der Waals surface area contributed by atoms with Gasteiger partial charge in [0.05, 0.1) is 0 Å². The third kappa shape index (κ3) is 54.8. The highest BCUT2D eigenvalue weighted by molar-refractivity contribution is 5.71. The van der Waals surface area contributed by atoms with E-state index < -0.39 is 6.10 Å². The van der Waals surface area contributed by atoms with Crippen molar-refractivity contribution in [3.8, 4) is 0 Å². The highest BCUT2D eigenvalue weighted by Crippen LogP contribution is 2.17. The molecule has 0 saturated heterocycles. The van der Waals surface area contributed by atoms with Crippen molar-refractivity contribution >= 4 is 17.9 Å². The molecule has 0 radical (unpaired) electrons. The Morgan fingerprint density at radius 1 is 0.279 bits per heavy atom. The highest BCUT2D eigenvalue weighted by atomic mass is 16.6. The molecule has 0 fully saturated rings. The first-order valence-electron chi connectivity index (χ1n) is 30.3. The van der Waals surface area contributed by atoms with Crippen LogP contribution in [0.15, 0.2) is 24.3 Å². The molecule has 1 atom stereocenters. The molecule has 1 unspecified atom stereocenters. The number of hydrogen-bond donors (Lipinski definition) is 0. The second-order valence-electron chi connectivity index (χ2n) is 20.6. The van der Waals surface area contributed by atoms with Gasteiger partial charge in [0.1, 0.15) is 13.2 Å². The quantitative estimate of drug-likeness (QED) is 0.0262. The lowest BCUT2D eigenvalue weighted by Crippen LogP contribution is -2.30. The minimum atomic E-state index is -0.772. The number of unbranched alkanes of at least 4 members (excludes halogenated alkanes) is 41. The lowest BCUT2D eigenvalue weighted by molar-refractivity contribution is -0.167. The Morgan fingerprint density at radius 3 is 0.735 bits per heavy atom. The van der Waals surface area contributed by atoms with Gasteiger partial charge in [-0.15, -0.1) is 0 Å². The first-order valence-corrected chi connectivity index (χ1v) is 30.3. The van der Waals surface area contributed by atoms with Crippen LogP contribution in [0.25, 0.3) is 0 Å². The Bertz CT molecular complexity index is 1100. The van der Waals surface area contributed by atoms with E-state index in [1.165, 1.54) is 238 Å². The first kappa shape index (κ1) is 65.9. The Balaban J connectivity index is 4.30. The standard InChI is InChI=1S/C62H116O6/c1-4-7-10-13-16-19-22-25-27-29-31-33-35-37-40-43-46-49-52-55-61(64)67-58-59(57-66-60(63)54-51-48-45-42-39-24-21-18-15-12-9-6-3)68-62(65)56-53-50-47-44-41-38-36-34-32-30-28-26-23-20-17-14-11-8-5-2/h29-32,59H,4-28,33-58H2,1-3H3/b31-29-,32-30-. The summed E-state index contributed by atoms with van der Waals surface area (Å²) in [7, 11) is 0. The molecule has 0 spiro atoms. The SMILES string of the molecule is CCCCCCCCCC/C=C\CCCCCCCCCC(=O)OCC(COC(=O)CCCCCCCCCCCCCC)OC(=O)CCCCCCCCC/C=C\CCCCCCCCCC. The molecular weight excluding hydrogens is 841 g/mol. The van der Waals surface area contributed by atoms with Crippen LogP contribution >= 0.6 is 0 Å². The highest BCUT2D eigenvalue weighted by Gasteiger charge is 2.19. The van der Waals surface area contributed by atoms with E-state index in [1.54, 1.807) is 0 Å². The number of hydrogen-bond acceptors (Lipinski definition) is 6. The third-order valence-corrected chi connectivity index (χ3v) is 13.7. The number of carbonyl (C=O) groups is 3. The summed E-state index contributed by atoms with van der Waals surface area (Å²) in [6, 6.07) is 0. The van der Waals surface area contributed by atoms with Gasteiger partial charge >= 0.3 is 17.9 Å². The first-order chi connectivity index (χ1) is 33.5. The zero-order valence-corrected chi connectivity index (χ0v) is 45.9. The number of rotatable bonds is 56. The summed E-state index contributed by atoms with van der Waals surface area (Å²) in [4.78, 5) is 38.2. The van der Waals surface area contributed by atoms with E-state index in [9.17, 15) is 14.4 Å². The summed E-state index contributed by atoms with van der Waals surface area (Å²) in [5.41, 5.74) is 0. The molecule has 68 heavy (non-hydrogen) atoms. The molecule has 6 heteroatoms. The summed E-state index contributed by atoms with van der Waals surface area (Å²) in [6.45, 7) is 6.68. The molecule has 0 saturated carbocycles. The third-order valence-electron chi connectivity index (χ3n) is 13.7. The maximum absolute atomic E-state index is 12.9. The molecule has 0 aliphatic rings. The molecule has 6 nitrogen and oxygen atoms in total. The van der Waals surface area contributed by atoms with Crippen LogP contribution in [0.1, 0.15) is 335 Å². The van der Waals surface area contributed by atoms with Crippen molar-refractivity contribution in [2.45, 2.75) is 341 Å². The van der Waals surface area contributed by atoms with Crippen LogP contribution in [-0.2, 0) is 28.6 Å². The Morgan fingerprint density at radius 2 is 0.485 bits per heavy atom. The second kappa shape index (κ2) is 57.5. The van der Waals surface area contributed by atoms with Gasteiger partial charge in [-0.1, -0.05) is 270 Å². The normalized spacial score (nSPS) is 12.1. The minimum Gasteiger partial charge on any atom is -0.462 e. The lowest BCUT2D eigenvalue weighted by atomic mass is 10.0. The Hall–Kier alpha value is -2.11. The maximum Gasteiger partial charge on any atom is 0.306 e. The molecule has 0 aromatic rings. The van der Waals surface area contributed by atoms with E-state index in [0.717, 1.165) is 57.8 Å². The molecule has 0 amide bonds. The van der Waals surface area contributed by atoms with Gasteiger partial charge in [-0.25, -0.2) is 0 Å². The average Bonchev–Trinajstić information content (AvgIpc) is 3.34. The number of carbonyl (C=O) groups excluding carboxylic acids is 3. The number of ether oxygens (including phenoxy) is 3.